The molecule has 2 amide bonds. The van der Waals surface area contributed by atoms with E-state index in [1.807, 2.05) is 53.4 Å². The number of amides is 2. The lowest BCUT2D eigenvalue weighted by Gasteiger charge is -2.31. The second-order valence-corrected chi connectivity index (χ2v) is 8.01. The summed E-state index contributed by atoms with van der Waals surface area (Å²) in [6.45, 7) is 3.58. The maximum atomic E-state index is 13.2. The third-order valence-electron chi connectivity index (χ3n) is 5.81. The van der Waals surface area contributed by atoms with Gasteiger partial charge >= 0.3 is 0 Å². The Labute approximate surface area is 178 Å². The van der Waals surface area contributed by atoms with E-state index in [0.717, 1.165) is 63.1 Å². The lowest BCUT2D eigenvalue weighted by atomic mass is 10.1. The van der Waals surface area contributed by atoms with Crippen molar-refractivity contribution in [1.82, 2.24) is 4.90 Å². The van der Waals surface area contributed by atoms with Crippen LogP contribution >= 0.6 is 0 Å². The number of likely N-dealkylation sites (tertiary alicyclic amines) is 1. The summed E-state index contributed by atoms with van der Waals surface area (Å²) in [4.78, 5) is 29.9. The Bertz CT molecular complexity index is 911. The van der Waals surface area contributed by atoms with Gasteiger partial charge in [0.05, 0.1) is 5.56 Å². The van der Waals surface area contributed by atoms with E-state index >= 15 is 0 Å². The van der Waals surface area contributed by atoms with Gasteiger partial charge in [-0.25, -0.2) is 0 Å². The highest BCUT2D eigenvalue weighted by molar-refractivity contribution is 6.05. The quantitative estimate of drug-likeness (QED) is 0.745. The minimum absolute atomic E-state index is 0.0731. The zero-order valence-electron chi connectivity index (χ0n) is 17.3. The van der Waals surface area contributed by atoms with Crippen molar-refractivity contribution < 1.29 is 9.59 Å². The van der Waals surface area contributed by atoms with Crippen LogP contribution < -0.4 is 10.2 Å². The molecule has 2 saturated heterocycles. The van der Waals surface area contributed by atoms with Crippen LogP contribution in [0.1, 0.15) is 48.0 Å². The molecule has 0 spiro atoms. The van der Waals surface area contributed by atoms with Crippen molar-refractivity contribution >= 4 is 29.3 Å². The van der Waals surface area contributed by atoms with E-state index in [0.29, 0.717) is 11.3 Å². The first kappa shape index (κ1) is 20.2. The van der Waals surface area contributed by atoms with E-state index in [4.69, 9.17) is 0 Å². The van der Waals surface area contributed by atoms with Crippen molar-refractivity contribution in [3.05, 3.63) is 65.7 Å². The fraction of sp³-hybridized carbons (Fsp3) is 0.360. The Morgan fingerprint density at radius 1 is 0.833 bits per heavy atom. The molecular weight excluding hydrogens is 374 g/mol. The molecule has 2 aliphatic heterocycles. The van der Waals surface area contributed by atoms with Crippen molar-refractivity contribution in [2.75, 3.05) is 36.4 Å². The topological polar surface area (TPSA) is 52.7 Å². The molecule has 0 atom stereocenters. The van der Waals surface area contributed by atoms with E-state index in [1.54, 1.807) is 6.08 Å². The number of nitrogens with one attached hydrogen (secondary N) is 1. The van der Waals surface area contributed by atoms with Gasteiger partial charge in [-0.3, -0.25) is 9.59 Å². The second kappa shape index (κ2) is 9.61. The van der Waals surface area contributed by atoms with E-state index < -0.39 is 0 Å². The van der Waals surface area contributed by atoms with Gasteiger partial charge in [-0.15, -0.1) is 0 Å². The normalized spacial score (nSPS) is 16.8. The molecule has 2 aromatic rings. The molecule has 156 valence electrons. The summed E-state index contributed by atoms with van der Waals surface area (Å²) in [5, 5.41) is 2.91. The van der Waals surface area contributed by atoms with Crippen LogP contribution in [-0.4, -0.2) is 42.9 Å². The SMILES string of the molecule is O=C(/C=C/c1ccccc1)Nc1ccc(N2CCCCC2)c(C(=O)N2CCCC2)c1. The highest BCUT2D eigenvalue weighted by Crippen LogP contribution is 2.29. The number of anilines is 2. The Hall–Kier alpha value is -3.08. The molecule has 1 N–H and O–H groups in total. The summed E-state index contributed by atoms with van der Waals surface area (Å²) in [6.07, 6.45) is 8.98. The Kier molecular flexibility index (Phi) is 6.47. The van der Waals surface area contributed by atoms with E-state index in [9.17, 15) is 9.59 Å². The van der Waals surface area contributed by atoms with E-state index in [2.05, 4.69) is 10.2 Å². The molecule has 0 bridgehead atoms. The van der Waals surface area contributed by atoms with Gasteiger partial charge in [-0.1, -0.05) is 30.3 Å². The molecule has 0 aromatic heterocycles. The molecule has 5 heteroatoms. The fourth-order valence-corrected chi connectivity index (χ4v) is 4.21. The van der Waals surface area contributed by atoms with Crippen LogP contribution in [0.3, 0.4) is 0 Å². The summed E-state index contributed by atoms with van der Waals surface area (Å²) >= 11 is 0. The third kappa shape index (κ3) is 4.90. The molecule has 30 heavy (non-hydrogen) atoms. The van der Waals surface area contributed by atoms with Crippen molar-refractivity contribution in [3.8, 4) is 0 Å². The first-order chi connectivity index (χ1) is 14.7. The smallest absolute Gasteiger partial charge is 0.256 e. The zero-order chi connectivity index (χ0) is 20.8. The molecule has 2 aliphatic rings. The fourth-order valence-electron chi connectivity index (χ4n) is 4.21. The maximum absolute atomic E-state index is 13.2. The molecule has 4 rings (SSSR count). The van der Waals surface area contributed by atoms with Crippen LogP contribution in [0, 0.1) is 0 Å². The van der Waals surface area contributed by atoms with Crippen molar-refractivity contribution in [3.63, 3.8) is 0 Å². The molecule has 0 unspecified atom stereocenters. The van der Waals surface area contributed by atoms with Gasteiger partial charge in [0.15, 0.2) is 0 Å². The number of carbonyl (C=O) groups is 2. The van der Waals surface area contributed by atoms with Crippen LogP contribution in [0.15, 0.2) is 54.6 Å². The van der Waals surface area contributed by atoms with E-state index in [-0.39, 0.29) is 11.8 Å². The largest absolute Gasteiger partial charge is 0.371 e. The van der Waals surface area contributed by atoms with Crippen LogP contribution in [0.5, 0.6) is 0 Å². The molecule has 5 nitrogen and oxygen atoms in total. The Morgan fingerprint density at radius 3 is 2.27 bits per heavy atom. The summed E-state index contributed by atoms with van der Waals surface area (Å²) < 4.78 is 0. The summed E-state index contributed by atoms with van der Waals surface area (Å²) in [6, 6.07) is 15.5. The van der Waals surface area contributed by atoms with Gasteiger partial charge in [0, 0.05) is 43.6 Å². The number of hydrogen-bond donors (Lipinski definition) is 1. The zero-order valence-corrected chi connectivity index (χ0v) is 17.3. The van der Waals surface area contributed by atoms with Gasteiger partial charge in [-0.2, -0.15) is 0 Å². The first-order valence-electron chi connectivity index (χ1n) is 10.9. The average molecular weight is 404 g/mol. The van der Waals surface area contributed by atoms with Gasteiger partial charge in [0.25, 0.3) is 5.91 Å². The van der Waals surface area contributed by atoms with Crippen LogP contribution in [0.4, 0.5) is 11.4 Å². The first-order valence-corrected chi connectivity index (χ1v) is 10.9. The maximum Gasteiger partial charge on any atom is 0.256 e. The molecule has 2 fully saturated rings. The number of benzene rings is 2. The lowest BCUT2D eigenvalue weighted by molar-refractivity contribution is -0.111. The third-order valence-corrected chi connectivity index (χ3v) is 5.81. The Balaban J connectivity index is 1.54. The van der Waals surface area contributed by atoms with Crippen molar-refractivity contribution in [1.29, 1.82) is 0 Å². The molecule has 0 radical (unpaired) electrons. The van der Waals surface area contributed by atoms with Crippen molar-refractivity contribution in [2.45, 2.75) is 32.1 Å². The van der Waals surface area contributed by atoms with Crippen LogP contribution in [-0.2, 0) is 4.79 Å². The Morgan fingerprint density at radius 2 is 1.53 bits per heavy atom. The number of nitrogens with zero attached hydrogens (tertiary/aromatic N) is 2. The lowest BCUT2D eigenvalue weighted by Crippen LogP contribution is -2.34. The summed E-state index contributed by atoms with van der Waals surface area (Å²) in [7, 11) is 0. The summed E-state index contributed by atoms with van der Waals surface area (Å²) in [5.74, 6) is -0.131. The molecule has 0 aliphatic carbocycles. The second-order valence-electron chi connectivity index (χ2n) is 8.01. The minimum Gasteiger partial charge on any atom is -0.371 e. The van der Waals surface area contributed by atoms with Crippen molar-refractivity contribution in [2.24, 2.45) is 0 Å². The van der Waals surface area contributed by atoms with Gasteiger partial charge in [0.1, 0.15) is 0 Å². The number of carbonyl (C=O) groups excluding carboxylic acids is 2. The number of rotatable bonds is 5. The standard InChI is InChI=1S/C25H29N3O2/c29-24(14-11-20-9-3-1-4-10-20)26-21-12-13-23(27-15-5-2-6-16-27)22(19-21)25(30)28-17-7-8-18-28/h1,3-4,9-14,19H,2,5-8,15-18H2,(H,26,29)/b14-11+. The van der Waals surface area contributed by atoms with Crippen LogP contribution in [0.25, 0.3) is 6.08 Å². The minimum atomic E-state index is -0.204. The van der Waals surface area contributed by atoms with Crippen LogP contribution in [0.2, 0.25) is 0 Å². The van der Waals surface area contributed by atoms with Gasteiger partial charge in [0.2, 0.25) is 5.91 Å². The predicted molar refractivity (Wildman–Crippen MR) is 122 cm³/mol. The summed E-state index contributed by atoms with van der Waals surface area (Å²) in [5.41, 5.74) is 3.31. The van der Waals surface area contributed by atoms with Gasteiger partial charge in [-0.05, 0) is 61.9 Å². The molecule has 2 heterocycles. The van der Waals surface area contributed by atoms with E-state index in [1.165, 1.54) is 12.5 Å². The highest BCUT2D eigenvalue weighted by Gasteiger charge is 2.25. The number of piperidine rings is 1. The molecule has 0 saturated carbocycles. The molecule has 2 aromatic carbocycles. The predicted octanol–water partition coefficient (Wildman–Crippen LogP) is 4.56. The molecular formula is C25H29N3O2. The average Bonchev–Trinajstić information content (AvgIpc) is 3.33. The number of hydrogen-bond acceptors (Lipinski definition) is 3. The monoisotopic (exact) mass is 403 g/mol. The highest BCUT2D eigenvalue weighted by atomic mass is 16.2. The van der Waals surface area contributed by atoms with Gasteiger partial charge < -0.3 is 15.1 Å².